The van der Waals surface area contributed by atoms with E-state index in [0.717, 1.165) is 0 Å². The summed E-state index contributed by atoms with van der Waals surface area (Å²) in [5.41, 5.74) is 4.93. The van der Waals surface area contributed by atoms with Crippen LogP contribution in [0.25, 0.3) is 27.5 Å². The van der Waals surface area contributed by atoms with Gasteiger partial charge in [-0.15, -0.1) is 0 Å². The van der Waals surface area contributed by atoms with Crippen molar-refractivity contribution in [2.45, 2.75) is 6.92 Å². The molecule has 0 amide bonds. The minimum Gasteiger partial charge on any atom is -0.355 e. The van der Waals surface area contributed by atoms with Gasteiger partial charge in [-0.2, -0.15) is 0 Å². The monoisotopic (exact) mass is 518 g/mol. The molecule has 0 aliphatic carbocycles. The summed E-state index contributed by atoms with van der Waals surface area (Å²) in [5, 5.41) is 8.18. The van der Waals surface area contributed by atoms with Crippen LogP contribution in [0.4, 0.5) is 0 Å². The lowest BCUT2D eigenvalue weighted by atomic mass is 10.1. The zero-order valence-electron chi connectivity index (χ0n) is 22.3. The van der Waals surface area contributed by atoms with Crippen molar-refractivity contribution in [2.75, 3.05) is 0 Å². The van der Waals surface area contributed by atoms with Gasteiger partial charge in [-0.05, 0) is 58.0 Å². The van der Waals surface area contributed by atoms with Crippen LogP contribution in [0.2, 0.25) is 0 Å². The number of aromatic nitrogens is 2. The molecular weight excluding hydrogens is 488 g/mol. The molecule has 0 atom stereocenters. The highest BCUT2D eigenvalue weighted by atomic mass is 28.3. The topological polar surface area (TPSA) is 9.86 Å². The van der Waals surface area contributed by atoms with Gasteiger partial charge in [0.2, 0.25) is 0 Å². The van der Waals surface area contributed by atoms with Gasteiger partial charge >= 0.3 is 0 Å². The van der Waals surface area contributed by atoms with E-state index in [0.29, 0.717) is 0 Å². The third-order valence-corrected chi connectivity index (χ3v) is 12.9. The third kappa shape index (κ3) is 3.62. The van der Waals surface area contributed by atoms with E-state index in [4.69, 9.17) is 0 Å². The lowest BCUT2D eigenvalue weighted by Crippen LogP contribution is -2.74. The zero-order valence-corrected chi connectivity index (χ0v) is 23.3. The molecule has 0 radical (unpaired) electrons. The molecule has 7 rings (SSSR count). The fourth-order valence-corrected chi connectivity index (χ4v) is 11.2. The number of aryl methyl sites for hydroxylation is 2. The highest BCUT2D eigenvalue weighted by molar-refractivity contribution is 7.20. The van der Waals surface area contributed by atoms with E-state index in [2.05, 4.69) is 169 Å². The van der Waals surface area contributed by atoms with Crippen LogP contribution in [0.1, 0.15) is 5.69 Å². The summed E-state index contributed by atoms with van der Waals surface area (Å²) in [6.07, 6.45) is 2.36. The Morgan fingerprint density at radius 1 is 0.487 bits per heavy atom. The fraction of sp³-hybridized carbons (Fsp3) is 0.0556. The predicted molar refractivity (Wildman–Crippen MR) is 168 cm³/mol. The molecule has 2 heterocycles. The molecule has 2 nitrogen and oxygen atoms in total. The van der Waals surface area contributed by atoms with E-state index in [1.807, 2.05) is 0 Å². The number of rotatable bonds is 5. The molecule has 0 saturated heterocycles. The minimum absolute atomic E-state index is 1.18. The molecule has 2 aromatic heterocycles. The zero-order chi connectivity index (χ0) is 26.4. The van der Waals surface area contributed by atoms with Gasteiger partial charge in [-0.1, -0.05) is 109 Å². The van der Waals surface area contributed by atoms with Crippen molar-refractivity contribution in [3.63, 3.8) is 0 Å². The van der Waals surface area contributed by atoms with E-state index >= 15 is 0 Å². The van der Waals surface area contributed by atoms with Crippen LogP contribution in [-0.2, 0) is 7.05 Å². The minimum atomic E-state index is -2.62. The van der Waals surface area contributed by atoms with E-state index in [1.165, 1.54) is 53.9 Å². The van der Waals surface area contributed by atoms with Crippen LogP contribution in [0, 0.1) is 6.92 Å². The molecule has 3 heteroatoms. The fourth-order valence-electron chi connectivity index (χ4n) is 6.32. The molecule has 0 aliphatic heterocycles. The maximum Gasteiger partial charge on any atom is 0.181 e. The molecule has 39 heavy (non-hydrogen) atoms. The first-order valence-electron chi connectivity index (χ1n) is 13.5. The molecule has 0 spiro atoms. The molecule has 5 aromatic carbocycles. The van der Waals surface area contributed by atoms with Gasteiger partial charge in [0.05, 0.1) is 11.0 Å². The number of nitrogens with zero attached hydrogens (tertiary/aromatic N) is 2. The second kappa shape index (κ2) is 9.30. The Balaban J connectivity index is 1.61. The van der Waals surface area contributed by atoms with Crippen molar-refractivity contribution < 1.29 is 0 Å². The van der Waals surface area contributed by atoms with Crippen LogP contribution < -0.4 is 20.7 Å². The highest BCUT2D eigenvalue weighted by Crippen LogP contribution is 2.31. The van der Waals surface area contributed by atoms with Gasteiger partial charge < -0.3 is 9.13 Å². The Bertz CT molecular complexity index is 1860. The Morgan fingerprint density at radius 2 is 1.05 bits per heavy atom. The van der Waals surface area contributed by atoms with Crippen LogP contribution in [0.3, 0.4) is 0 Å². The second-order valence-electron chi connectivity index (χ2n) is 10.4. The molecular formula is C36H30N2Si. The Labute approximate surface area is 230 Å². The molecule has 0 bridgehead atoms. The van der Waals surface area contributed by atoms with Crippen molar-refractivity contribution in [1.29, 1.82) is 0 Å². The van der Waals surface area contributed by atoms with E-state index in [9.17, 15) is 0 Å². The molecule has 0 fully saturated rings. The number of para-hydroxylation sites is 2. The average molecular weight is 519 g/mol. The first-order valence-corrected chi connectivity index (χ1v) is 15.5. The normalized spacial score (nSPS) is 11.8. The largest absolute Gasteiger partial charge is 0.355 e. The molecule has 7 aromatic rings. The number of hydrogen-bond donors (Lipinski definition) is 0. The van der Waals surface area contributed by atoms with E-state index < -0.39 is 8.07 Å². The predicted octanol–water partition coefficient (Wildman–Crippen LogP) is 5.81. The van der Waals surface area contributed by atoms with E-state index in [-0.39, 0.29) is 0 Å². The Hall–Kier alpha value is -4.60. The highest BCUT2D eigenvalue weighted by Gasteiger charge is 2.42. The molecule has 0 saturated carbocycles. The van der Waals surface area contributed by atoms with Crippen LogP contribution in [-0.4, -0.2) is 17.2 Å². The lowest BCUT2D eigenvalue weighted by Gasteiger charge is -2.33. The molecule has 0 aliphatic rings. The van der Waals surface area contributed by atoms with Crippen LogP contribution in [0.5, 0.6) is 0 Å². The van der Waals surface area contributed by atoms with Gasteiger partial charge in [-0.25, -0.2) is 0 Å². The summed E-state index contributed by atoms with van der Waals surface area (Å²) < 4.78 is 4.66. The summed E-state index contributed by atoms with van der Waals surface area (Å²) in [6.45, 7) is 2.20. The summed E-state index contributed by atoms with van der Waals surface area (Å²) in [6, 6.07) is 51.5. The summed E-state index contributed by atoms with van der Waals surface area (Å²) >= 11 is 0. The summed E-state index contributed by atoms with van der Waals surface area (Å²) in [7, 11) is -0.458. The van der Waals surface area contributed by atoms with E-state index in [1.54, 1.807) is 0 Å². The van der Waals surface area contributed by atoms with Crippen LogP contribution in [0.15, 0.2) is 146 Å². The molecule has 0 N–H and O–H groups in total. The van der Waals surface area contributed by atoms with Crippen LogP contribution >= 0.6 is 0 Å². The maximum atomic E-state index is 2.49. The van der Waals surface area contributed by atoms with Gasteiger partial charge in [0, 0.05) is 35.4 Å². The summed E-state index contributed by atoms with van der Waals surface area (Å²) in [4.78, 5) is 0. The standard InChI is InChI=1S/C36H30N2Si/c1-27-24-32(26-37(27)2)39(29-16-8-4-9-17-29,30-18-10-5-11-19-30)31-22-23-36-34(25-31)33-20-12-13-21-35(33)38(36)28-14-6-3-7-15-28/h3-26H,1-2H3. The smallest absolute Gasteiger partial charge is 0.181 e. The van der Waals surface area contributed by atoms with Crippen molar-refractivity contribution in [2.24, 2.45) is 7.05 Å². The Kier molecular flexibility index (Phi) is 5.61. The number of hydrogen-bond acceptors (Lipinski definition) is 0. The second-order valence-corrected chi connectivity index (χ2v) is 14.2. The SMILES string of the molecule is Cc1cc([Si](c2ccccc2)(c2ccccc2)c2ccc3c(c2)c2ccccc2n3-c2ccccc2)cn1C. The van der Waals surface area contributed by atoms with Crippen molar-refractivity contribution >= 4 is 50.6 Å². The average Bonchev–Trinajstić information content (AvgIpc) is 3.51. The van der Waals surface area contributed by atoms with Gasteiger partial charge in [-0.3, -0.25) is 0 Å². The quantitative estimate of drug-likeness (QED) is 0.201. The molecule has 188 valence electrons. The van der Waals surface area contributed by atoms with Gasteiger partial charge in [0.15, 0.2) is 8.07 Å². The van der Waals surface area contributed by atoms with Crippen molar-refractivity contribution in [1.82, 2.24) is 9.13 Å². The number of benzene rings is 5. The third-order valence-electron chi connectivity index (χ3n) is 8.22. The lowest BCUT2D eigenvalue weighted by molar-refractivity contribution is 0.883. The first kappa shape index (κ1) is 23.5. The number of fused-ring (bicyclic) bond motifs is 3. The summed E-state index contributed by atoms with van der Waals surface area (Å²) in [5.74, 6) is 0. The first-order chi connectivity index (χ1) is 19.2. The van der Waals surface area contributed by atoms with Crippen molar-refractivity contribution in [3.8, 4) is 5.69 Å². The van der Waals surface area contributed by atoms with Gasteiger partial charge in [0.25, 0.3) is 0 Å². The Morgan fingerprint density at radius 3 is 1.67 bits per heavy atom. The maximum absolute atomic E-state index is 2.62. The van der Waals surface area contributed by atoms with Crippen molar-refractivity contribution in [3.05, 3.63) is 151 Å². The molecule has 0 unspecified atom stereocenters. The van der Waals surface area contributed by atoms with Gasteiger partial charge in [0.1, 0.15) is 0 Å².